The lowest BCUT2D eigenvalue weighted by atomic mass is 9.91. The van der Waals surface area contributed by atoms with Gasteiger partial charge in [0.2, 0.25) is 0 Å². The first-order valence-electron chi connectivity index (χ1n) is 5.35. The highest BCUT2D eigenvalue weighted by Crippen LogP contribution is 2.45. The molecule has 0 bridgehead atoms. The molecule has 2 rings (SSSR count). The Kier molecular flexibility index (Phi) is 3.47. The van der Waals surface area contributed by atoms with E-state index in [0.29, 0.717) is 5.56 Å². The maximum absolute atomic E-state index is 13.3. The first-order chi connectivity index (χ1) is 7.99. The van der Waals surface area contributed by atoms with E-state index in [1.54, 1.807) is 0 Å². The van der Waals surface area contributed by atoms with Gasteiger partial charge in [-0.2, -0.15) is 0 Å². The average molecular weight is 305 g/mol. The number of hydrogen-bond donors (Lipinski definition) is 1. The Morgan fingerprint density at radius 3 is 2.59 bits per heavy atom. The van der Waals surface area contributed by atoms with Crippen LogP contribution < -0.4 is 0 Å². The number of carbonyl (C=O) groups is 1. The zero-order valence-corrected chi connectivity index (χ0v) is 10.5. The van der Waals surface area contributed by atoms with Crippen LogP contribution in [0.3, 0.4) is 0 Å². The van der Waals surface area contributed by atoms with Crippen molar-refractivity contribution < 1.29 is 18.7 Å². The second kappa shape index (κ2) is 4.72. The van der Waals surface area contributed by atoms with E-state index in [-0.39, 0.29) is 22.7 Å². The number of carboxylic acids is 1. The topological polar surface area (TPSA) is 37.3 Å². The maximum Gasteiger partial charge on any atom is 0.303 e. The van der Waals surface area contributed by atoms with E-state index in [0.717, 1.165) is 18.9 Å². The van der Waals surface area contributed by atoms with Gasteiger partial charge in [-0.1, -0.05) is 0 Å². The number of halogens is 3. The normalized spacial score (nSPS) is 16.9. The number of benzene rings is 1. The molecule has 1 N–H and O–H groups in total. The minimum atomic E-state index is -0.939. The Morgan fingerprint density at radius 1 is 1.47 bits per heavy atom. The molecule has 0 amide bonds. The molecule has 17 heavy (non-hydrogen) atoms. The lowest BCUT2D eigenvalue weighted by molar-refractivity contribution is -0.137. The van der Waals surface area contributed by atoms with Crippen molar-refractivity contribution in [2.45, 2.75) is 25.2 Å². The lowest BCUT2D eigenvalue weighted by Crippen LogP contribution is -2.09. The van der Waals surface area contributed by atoms with Crippen molar-refractivity contribution in [3.8, 4) is 0 Å². The third-order valence-electron chi connectivity index (χ3n) is 3.02. The number of carboxylic acid groups (broad SMARTS) is 1. The summed E-state index contributed by atoms with van der Waals surface area (Å²) in [4.78, 5) is 10.8. The van der Waals surface area contributed by atoms with Gasteiger partial charge in [0.15, 0.2) is 11.6 Å². The second-order valence-electron chi connectivity index (χ2n) is 4.34. The van der Waals surface area contributed by atoms with E-state index in [1.165, 1.54) is 6.07 Å². The fraction of sp³-hybridized carbons (Fsp3) is 0.417. The van der Waals surface area contributed by atoms with Gasteiger partial charge in [0.05, 0.1) is 10.9 Å². The standard InChI is InChI=1S/C12H11BrF2O2/c13-9-3-7(4-10(14)12(9)15)8(5-11(16)17)6-1-2-6/h3-4,6,8H,1-2,5H2,(H,16,17). The van der Waals surface area contributed by atoms with Crippen molar-refractivity contribution in [1.82, 2.24) is 0 Å². The molecule has 1 fully saturated rings. The lowest BCUT2D eigenvalue weighted by Gasteiger charge is -2.15. The van der Waals surface area contributed by atoms with Gasteiger partial charge in [0, 0.05) is 0 Å². The molecule has 0 heterocycles. The van der Waals surface area contributed by atoms with E-state index >= 15 is 0 Å². The van der Waals surface area contributed by atoms with Crippen molar-refractivity contribution in [2.24, 2.45) is 5.92 Å². The molecule has 92 valence electrons. The van der Waals surface area contributed by atoms with Crippen molar-refractivity contribution in [1.29, 1.82) is 0 Å². The molecule has 0 aromatic heterocycles. The van der Waals surface area contributed by atoms with Gasteiger partial charge < -0.3 is 5.11 Å². The van der Waals surface area contributed by atoms with E-state index in [2.05, 4.69) is 15.9 Å². The predicted molar refractivity (Wildman–Crippen MR) is 61.8 cm³/mol. The Morgan fingerprint density at radius 2 is 2.12 bits per heavy atom. The van der Waals surface area contributed by atoms with Crippen molar-refractivity contribution >= 4 is 21.9 Å². The van der Waals surface area contributed by atoms with Crippen LogP contribution in [0.1, 0.15) is 30.7 Å². The highest BCUT2D eigenvalue weighted by Gasteiger charge is 2.34. The first kappa shape index (κ1) is 12.5. The molecule has 5 heteroatoms. The van der Waals surface area contributed by atoms with Gasteiger partial charge in [0.1, 0.15) is 0 Å². The fourth-order valence-electron chi connectivity index (χ4n) is 2.03. The van der Waals surface area contributed by atoms with Crippen molar-refractivity contribution in [2.75, 3.05) is 0 Å². The van der Waals surface area contributed by atoms with Crippen molar-refractivity contribution in [3.63, 3.8) is 0 Å². The third-order valence-corrected chi connectivity index (χ3v) is 3.60. The van der Waals surface area contributed by atoms with E-state index < -0.39 is 17.6 Å². The quantitative estimate of drug-likeness (QED) is 0.861. The van der Waals surface area contributed by atoms with Gasteiger partial charge in [-0.3, -0.25) is 4.79 Å². The van der Waals surface area contributed by atoms with E-state index in [1.807, 2.05) is 0 Å². The van der Waals surface area contributed by atoms with E-state index in [9.17, 15) is 13.6 Å². The number of aliphatic carboxylic acids is 1. The summed E-state index contributed by atoms with van der Waals surface area (Å²) in [5, 5.41) is 8.84. The molecule has 1 aromatic rings. The smallest absolute Gasteiger partial charge is 0.303 e. The van der Waals surface area contributed by atoms with Crippen LogP contribution in [0.2, 0.25) is 0 Å². The van der Waals surface area contributed by atoms with Gasteiger partial charge in [0.25, 0.3) is 0 Å². The minimum Gasteiger partial charge on any atom is -0.481 e. The zero-order valence-electron chi connectivity index (χ0n) is 8.92. The zero-order chi connectivity index (χ0) is 12.6. The Bertz CT molecular complexity index is 435. The molecule has 1 aliphatic carbocycles. The van der Waals surface area contributed by atoms with Crippen LogP contribution in [-0.2, 0) is 4.79 Å². The highest BCUT2D eigenvalue weighted by atomic mass is 79.9. The summed E-state index contributed by atoms with van der Waals surface area (Å²) in [7, 11) is 0. The summed E-state index contributed by atoms with van der Waals surface area (Å²) in [6, 6.07) is 2.58. The summed E-state index contributed by atoms with van der Waals surface area (Å²) in [5.41, 5.74) is 0.556. The predicted octanol–water partition coefficient (Wildman–Crippen LogP) is 3.70. The SMILES string of the molecule is O=C(O)CC(c1cc(F)c(F)c(Br)c1)C1CC1. The van der Waals surface area contributed by atoms with Crippen LogP contribution in [0.15, 0.2) is 16.6 Å². The van der Waals surface area contributed by atoms with Crippen LogP contribution in [0.4, 0.5) is 8.78 Å². The number of rotatable bonds is 4. The number of hydrogen-bond acceptors (Lipinski definition) is 1. The third kappa shape index (κ3) is 2.83. The molecule has 0 aliphatic heterocycles. The monoisotopic (exact) mass is 304 g/mol. The molecular formula is C12H11BrF2O2. The Labute approximate surface area is 106 Å². The summed E-state index contributed by atoms with van der Waals surface area (Å²) in [5.74, 6) is -2.73. The van der Waals surface area contributed by atoms with Gasteiger partial charge in [-0.15, -0.1) is 0 Å². The van der Waals surface area contributed by atoms with Crippen molar-refractivity contribution in [3.05, 3.63) is 33.8 Å². The Hall–Kier alpha value is -0.970. The summed E-state index contributed by atoms with van der Waals surface area (Å²) in [6.45, 7) is 0. The largest absolute Gasteiger partial charge is 0.481 e. The van der Waals surface area contributed by atoms with Crippen LogP contribution in [-0.4, -0.2) is 11.1 Å². The van der Waals surface area contributed by atoms with Crippen LogP contribution in [0, 0.1) is 17.6 Å². The molecule has 1 atom stereocenters. The van der Waals surface area contributed by atoms with Gasteiger partial charge in [-0.05, 0) is 58.3 Å². The first-order valence-corrected chi connectivity index (χ1v) is 6.14. The van der Waals surface area contributed by atoms with Crippen LogP contribution in [0.25, 0.3) is 0 Å². The van der Waals surface area contributed by atoms with Gasteiger partial charge in [-0.25, -0.2) is 8.78 Å². The van der Waals surface area contributed by atoms with Gasteiger partial charge >= 0.3 is 5.97 Å². The van der Waals surface area contributed by atoms with Crippen LogP contribution >= 0.6 is 15.9 Å². The highest BCUT2D eigenvalue weighted by molar-refractivity contribution is 9.10. The second-order valence-corrected chi connectivity index (χ2v) is 5.19. The van der Waals surface area contributed by atoms with Crippen LogP contribution in [0.5, 0.6) is 0 Å². The molecule has 1 aliphatic rings. The summed E-state index contributed by atoms with van der Waals surface area (Å²) in [6.07, 6.45) is 1.87. The average Bonchev–Trinajstić information content (AvgIpc) is 3.05. The molecule has 0 radical (unpaired) electrons. The molecule has 1 aromatic carbocycles. The molecule has 2 nitrogen and oxygen atoms in total. The maximum atomic E-state index is 13.3. The minimum absolute atomic E-state index is 0.0395. The molecule has 1 unspecified atom stereocenters. The molecular weight excluding hydrogens is 294 g/mol. The molecule has 0 saturated heterocycles. The summed E-state index contributed by atoms with van der Waals surface area (Å²) >= 11 is 2.94. The molecule has 1 saturated carbocycles. The summed E-state index contributed by atoms with van der Waals surface area (Å²) < 4.78 is 26.4. The Balaban J connectivity index is 2.32. The van der Waals surface area contributed by atoms with E-state index in [4.69, 9.17) is 5.11 Å². The fourth-order valence-corrected chi connectivity index (χ4v) is 2.49. The molecule has 0 spiro atoms.